The summed E-state index contributed by atoms with van der Waals surface area (Å²) in [6.07, 6.45) is -0.816. The molecule has 5 heteroatoms. The number of para-hydroxylation sites is 2. The third kappa shape index (κ3) is 4.73. The lowest BCUT2D eigenvalue weighted by Crippen LogP contribution is -2.42. The van der Waals surface area contributed by atoms with E-state index in [0.29, 0.717) is 29.2 Å². The normalized spacial score (nSPS) is 16.0. The second kappa shape index (κ2) is 10.5. The predicted octanol–water partition coefficient (Wildman–Crippen LogP) is 6.16. The number of ketones is 2. The van der Waals surface area contributed by atoms with Gasteiger partial charge in [0.1, 0.15) is 17.5 Å². The number of ether oxygens (including phenoxy) is 2. The Morgan fingerprint density at radius 3 is 2.11 bits per heavy atom. The standard InChI is InChI=1S/C31H27NO4/c1-2-35-25-19-17-23(18-20-25)30(34)31-29(26-15-9-10-16-28(26)36-31)32(24-13-7-4-8-14-24)21-27(33)22-11-5-3-6-12-22/h3-20,29,31H,2,21H2,1H3. The van der Waals surface area contributed by atoms with Gasteiger partial charge in [0, 0.05) is 22.4 Å². The Kier molecular flexibility index (Phi) is 6.80. The van der Waals surface area contributed by atoms with E-state index in [0.717, 1.165) is 11.3 Å². The number of nitrogens with zero attached hydrogens (tertiary/aromatic N) is 1. The summed E-state index contributed by atoms with van der Waals surface area (Å²) >= 11 is 0. The molecule has 1 aliphatic heterocycles. The van der Waals surface area contributed by atoms with Crippen LogP contribution in [0.15, 0.2) is 109 Å². The van der Waals surface area contributed by atoms with Gasteiger partial charge in [-0.05, 0) is 49.4 Å². The van der Waals surface area contributed by atoms with Crippen LogP contribution >= 0.6 is 0 Å². The number of benzene rings is 4. The lowest BCUT2D eigenvalue weighted by molar-refractivity contribution is 0.0784. The number of Topliss-reactive ketones (excluding diaryl/α,β-unsaturated/α-hetero) is 2. The van der Waals surface area contributed by atoms with Crippen molar-refractivity contribution in [1.82, 2.24) is 0 Å². The summed E-state index contributed by atoms with van der Waals surface area (Å²) in [6.45, 7) is 2.57. The monoisotopic (exact) mass is 477 g/mol. The number of hydrogen-bond donors (Lipinski definition) is 0. The molecule has 0 amide bonds. The van der Waals surface area contributed by atoms with E-state index in [2.05, 4.69) is 0 Å². The molecule has 0 radical (unpaired) electrons. The number of anilines is 1. The molecule has 1 heterocycles. The molecule has 0 bridgehead atoms. The fourth-order valence-corrected chi connectivity index (χ4v) is 4.61. The van der Waals surface area contributed by atoms with Crippen molar-refractivity contribution in [2.45, 2.75) is 19.1 Å². The number of hydrogen-bond acceptors (Lipinski definition) is 5. The maximum absolute atomic E-state index is 13.8. The Hall–Kier alpha value is -4.38. The molecular formula is C31H27NO4. The zero-order chi connectivity index (χ0) is 24.9. The van der Waals surface area contributed by atoms with Crippen molar-refractivity contribution in [1.29, 1.82) is 0 Å². The van der Waals surface area contributed by atoms with Crippen LogP contribution in [0, 0.1) is 0 Å². The Morgan fingerprint density at radius 2 is 1.42 bits per heavy atom. The highest BCUT2D eigenvalue weighted by molar-refractivity contribution is 6.02. The van der Waals surface area contributed by atoms with Gasteiger partial charge in [-0.25, -0.2) is 0 Å². The fraction of sp³-hybridized carbons (Fsp3) is 0.161. The summed E-state index contributed by atoms with van der Waals surface area (Å²) in [5.74, 6) is 1.18. The number of rotatable bonds is 9. The lowest BCUT2D eigenvalue weighted by atomic mass is 9.94. The number of carbonyl (C=O) groups is 2. The van der Waals surface area contributed by atoms with Gasteiger partial charge in [0.05, 0.1) is 13.2 Å². The van der Waals surface area contributed by atoms with Crippen LogP contribution in [0.5, 0.6) is 11.5 Å². The second-order valence-corrected chi connectivity index (χ2v) is 8.60. The Balaban J connectivity index is 1.54. The van der Waals surface area contributed by atoms with Crippen molar-refractivity contribution < 1.29 is 19.1 Å². The summed E-state index contributed by atoms with van der Waals surface area (Å²) in [4.78, 5) is 29.2. The Morgan fingerprint density at radius 1 is 0.778 bits per heavy atom. The molecule has 180 valence electrons. The van der Waals surface area contributed by atoms with Crippen LogP contribution in [0.2, 0.25) is 0 Å². The van der Waals surface area contributed by atoms with Crippen LogP contribution in [0.25, 0.3) is 0 Å². The first kappa shape index (κ1) is 23.4. The SMILES string of the molecule is CCOc1ccc(C(=O)C2Oc3ccccc3C2N(CC(=O)c2ccccc2)c2ccccc2)cc1. The minimum Gasteiger partial charge on any atom is -0.494 e. The van der Waals surface area contributed by atoms with E-state index >= 15 is 0 Å². The molecule has 0 N–H and O–H groups in total. The summed E-state index contributed by atoms with van der Waals surface area (Å²) in [5, 5.41) is 0. The molecule has 2 unspecified atom stereocenters. The first-order valence-corrected chi connectivity index (χ1v) is 12.1. The van der Waals surface area contributed by atoms with Gasteiger partial charge in [0.25, 0.3) is 0 Å². The molecule has 0 aliphatic carbocycles. The summed E-state index contributed by atoms with van der Waals surface area (Å²) in [5.41, 5.74) is 2.88. The van der Waals surface area contributed by atoms with E-state index in [1.807, 2.05) is 96.8 Å². The molecule has 1 aliphatic rings. The zero-order valence-electron chi connectivity index (χ0n) is 20.0. The van der Waals surface area contributed by atoms with Crippen LogP contribution in [0.3, 0.4) is 0 Å². The molecule has 0 spiro atoms. The minimum absolute atomic E-state index is 0.0314. The minimum atomic E-state index is -0.816. The molecule has 0 fully saturated rings. The summed E-state index contributed by atoms with van der Waals surface area (Å²) in [6, 6.07) is 33.2. The third-order valence-corrected chi connectivity index (χ3v) is 6.32. The molecule has 2 atom stereocenters. The summed E-state index contributed by atoms with van der Waals surface area (Å²) in [7, 11) is 0. The lowest BCUT2D eigenvalue weighted by Gasteiger charge is -2.33. The van der Waals surface area contributed by atoms with Gasteiger partial charge in [-0.15, -0.1) is 0 Å². The van der Waals surface area contributed by atoms with E-state index in [4.69, 9.17) is 9.47 Å². The zero-order valence-corrected chi connectivity index (χ0v) is 20.0. The number of carbonyl (C=O) groups excluding carboxylic acids is 2. The van der Waals surface area contributed by atoms with Crippen LogP contribution < -0.4 is 14.4 Å². The highest BCUT2D eigenvalue weighted by Crippen LogP contribution is 2.43. The summed E-state index contributed by atoms with van der Waals surface area (Å²) < 4.78 is 11.8. The maximum Gasteiger partial charge on any atom is 0.205 e. The maximum atomic E-state index is 13.8. The highest BCUT2D eigenvalue weighted by Gasteiger charge is 2.43. The van der Waals surface area contributed by atoms with Gasteiger partial charge < -0.3 is 14.4 Å². The number of fused-ring (bicyclic) bond motifs is 1. The fourth-order valence-electron chi connectivity index (χ4n) is 4.61. The van der Waals surface area contributed by atoms with Crippen LogP contribution in [-0.4, -0.2) is 30.8 Å². The van der Waals surface area contributed by atoms with Gasteiger partial charge in [-0.3, -0.25) is 9.59 Å². The van der Waals surface area contributed by atoms with E-state index in [9.17, 15) is 9.59 Å². The molecule has 36 heavy (non-hydrogen) atoms. The molecule has 0 saturated carbocycles. The van der Waals surface area contributed by atoms with E-state index in [1.54, 1.807) is 24.3 Å². The molecule has 0 saturated heterocycles. The quantitative estimate of drug-likeness (QED) is 0.270. The smallest absolute Gasteiger partial charge is 0.205 e. The van der Waals surface area contributed by atoms with Crippen LogP contribution in [-0.2, 0) is 0 Å². The van der Waals surface area contributed by atoms with E-state index in [-0.39, 0.29) is 18.1 Å². The van der Waals surface area contributed by atoms with Gasteiger partial charge in [-0.2, -0.15) is 0 Å². The van der Waals surface area contributed by atoms with Crippen molar-refractivity contribution in [3.05, 3.63) is 126 Å². The predicted molar refractivity (Wildman–Crippen MR) is 140 cm³/mol. The van der Waals surface area contributed by atoms with E-state index in [1.165, 1.54) is 0 Å². The molecule has 5 nitrogen and oxygen atoms in total. The van der Waals surface area contributed by atoms with Gasteiger partial charge in [0.2, 0.25) is 5.78 Å². The first-order valence-electron chi connectivity index (χ1n) is 12.1. The average molecular weight is 478 g/mol. The molecule has 0 aromatic heterocycles. The molecule has 4 aromatic carbocycles. The van der Waals surface area contributed by atoms with E-state index < -0.39 is 12.1 Å². The Bertz CT molecular complexity index is 1340. The highest BCUT2D eigenvalue weighted by atomic mass is 16.5. The molecule has 4 aromatic rings. The van der Waals surface area contributed by atoms with Gasteiger partial charge >= 0.3 is 0 Å². The van der Waals surface area contributed by atoms with Crippen molar-refractivity contribution in [3.8, 4) is 11.5 Å². The molecule has 5 rings (SSSR count). The van der Waals surface area contributed by atoms with Crippen LogP contribution in [0.4, 0.5) is 5.69 Å². The van der Waals surface area contributed by atoms with Gasteiger partial charge in [0.15, 0.2) is 11.9 Å². The van der Waals surface area contributed by atoms with Crippen molar-refractivity contribution >= 4 is 17.3 Å². The Labute approximate surface area is 210 Å². The third-order valence-electron chi connectivity index (χ3n) is 6.32. The topological polar surface area (TPSA) is 55.8 Å². The van der Waals surface area contributed by atoms with Gasteiger partial charge in [-0.1, -0.05) is 66.7 Å². The average Bonchev–Trinajstić information content (AvgIpc) is 3.32. The molecular weight excluding hydrogens is 450 g/mol. The van der Waals surface area contributed by atoms with Crippen molar-refractivity contribution in [2.24, 2.45) is 0 Å². The first-order chi connectivity index (χ1) is 17.7. The largest absolute Gasteiger partial charge is 0.494 e. The van der Waals surface area contributed by atoms with Crippen molar-refractivity contribution in [3.63, 3.8) is 0 Å². The van der Waals surface area contributed by atoms with Crippen molar-refractivity contribution in [2.75, 3.05) is 18.1 Å². The second-order valence-electron chi connectivity index (χ2n) is 8.60. The van der Waals surface area contributed by atoms with Crippen LogP contribution in [0.1, 0.15) is 39.2 Å².